The van der Waals surface area contributed by atoms with Gasteiger partial charge in [0, 0.05) is 25.5 Å². The summed E-state index contributed by atoms with van der Waals surface area (Å²) in [5, 5.41) is 9.61. The topological polar surface area (TPSA) is 53.4 Å². The van der Waals surface area contributed by atoms with E-state index in [0.29, 0.717) is 23.8 Å². The molecule has 17 heavy (non-hydrogen) atoms. The summed E-state index contributed by atoms with van der Waals surface area (Å²) < 4.78 is 0. The number of carbonyl (C=O) groups excluding carboxylic acids is 1. The lowest BCUT2D eigenvalue weighted by molar-refractivity contribution is -0.117. The summed E-state index contributed by atoms with van der Waals surface area (Å²) in [6.07, 6.45) is 0.342. The van der Waals surface area contributed by atoms with Crippen molar-refractivity contribution in [2.75, 3.05) is 18.1 Å². The monoisotopic (exact) mass is 274 g/mol. The third kappa shape index (κ3) is 2.39. The molecule has 4 nitrogen and oxygen atoms in total. The zero-order valence-corrected chi connectivity index (χ0v) is 10.8. The molecule has 0 radical (unpaired) electrons. The normalized spacial score (nSPS) is 20.1. The van der Waals surface area contributed by atoms with Crippen molar-refractivity contribution in [2.45, 2.75) is 13.3 Å². The first-order chi connectivity index (χ1) is 8.02. The fourth-order valence-corrected chi connectivity index (χ4v) is 2.67. The second-order valence-corrected chi connectivity index (χ2v) is 4.90. The zero-order chi connectivity index (χ0) is 12.6. The SMILES string of the molecule is Cc1cc(Cl)nc(Cl)c1N1CC(CO)CC1=O. The van der Waals surface area contributed by atoms with Crippen LogP contribution in [0.5, 0.6) is 0 Å². The van der Waals surface area contributed by atoms with Crippen LogP contribution in [0.3, 0.4) is 0 Å². The van der Waals surface area contributed by atoms with Gasteiger partial charge in [-0.2, -0.15) is 0 Å². The molecule has 1 amide bonds. The summed E-state index contributed by atoms with van der Waals surface area (Å²) in [7, 11) is 0. The molecule has 1 aromatic rings. The Morgan fingerprint density at radius 2 is 2.29 bits per heavy atom. The van der Waals surface area contributed by atoms with E-state index in [9.17, 15) is 4.79 Å². The van der Waals surface area contributed by atoms with E-state index in [1.807, 2.05) is 6.92 Å². The number of aliphatic hydroxyl groups is 1. The molecule has 2 rings (SSSR count). The molecule has 1 N–H and O–H groups in total. The lowest BCUT2D eigenvalue weighted by Crippen LogP contribution is -2.26. The molecule has 1 aliphatic rings. The van der Waals surface area contributed by atoms with Crippen LogP contribution >= 0.6 is 23.2 Å². The largest absolute Gasteiger partial charge is 0.396 e. The number of hydrogen-bond donors (Lipinski definition) is 1. The maximum absolute atomic E-state index is 11.8. The number of aliphatic hydroxyl groups excluding tert-OH is 1. The number of halogens is 2. The van der Waals surface area contributed by atoms with Crippen LogP contribution < -0.4 is 4.90 Å². The summed E-state index contributed by atoms with van der Waals surface area (Å²) in [6.45, 7) is 2.30. The minimum atomic E-state index is -0.0434. The number of hydrogen-bond acceptors (Lipinski definition) is 3. The molecular weight excluding hydrogens is 263 g/mol. The van der Waals surface area contributed by atoms with Crippen LogP contribution in [0.25, 0.3) is 0 Å². The first kappa shape index (κ1) is 12.6. The molecule has 2 heterocycles. The first-order valence-electron chi connectivity index (χ1n) is 5.26. The number of anilines is 1. The highest BCUT2D eigenvalue weighted by Crippen LogP contribution is 2.34. The van der Waals surface area contributed by atoms with Gasteiger partial charge in [0.15, 0.2) is 5.15 Å². The highest BCUT2D eigenvalue weighted by atomic mass is 35.5. The van der Waals surface area contributed by atoms with Gasteiger partial charge in [-0.3, -0.25) is 4.79 Å². The Morgan fingerprint density at radius 1 is 1.59 bits per heavy atom. The van der Waals surface area contributed by atoms with Gasteiger partial charge in [0.2, 0.25) is 5.91 Å². The van der Waals surface area contributed by atoms with Gasteiger partial charge in [-0.1, -0.05) is 23.2 Å². The van der Waals surface area contributed by atoms with Crippen molar-refractivity contribution in [3.63, 3.8) is 0 Å². The number of nitrogens with zero attached hydrogens (tertiary/aromatic N) is 2. The Hall–Kier alpha value is -0.840. The van der Waals surface area contributed by atoms with E-state index < -0.39 is 0 Å². The van der Waals surface area contributed by atoms with Crippen molar-refractivity contribution in [3.8, 4) is 0 Å². The van der Waals surface area contributed by atoms with E-state index in [-0.39, 0.29) is 23.6 Å². The summed E-state index contributed by atoms with van der Waals surface area (Å²) in [5.41, 5.74) is 1.40. The summed E-state index contributed by atoms with van der Waals surface area (Å²) >= 11 is 11.8. The van der Waals surface area contributed by atoms with Crippen LogP contribution in [0.15, 0.2) is 6.07 Å². The molecule has 92 valence electrons. The molecule has 6 heteroatoms. The molecule has 1 fully saturated rings. The summed E-state index contributed by atoms with van der Waals surface area (Å²) in [4.78, 5) is 17.3. The van der Waals surface area contributed by atoms with E-state index in [4.69, 9.17) is 28.3 Å². The third-order valence-electron chi connectivity index (χ3n) is 2.84. The summed E-state index contributed by atoms with van der Waals surface area (Å²) in [6, 6.07) is 1.67. The molecule has 0 spiro atoms. The van der Waals surface area contributed by atoms with Crippen LogP contribution in [-0.2, 0) is 4.79 Å². The van der Waals surface area contributed by atoms with Crippen LogP contribution in [0, 0.1) is 12.8 Å². The molecular formula is C11H12Cl2N2O2. The molecule has 1 aromatic heterocycles. The maximum atomic E-state index is 11.8. The number of aryl methyl sites for hydroxylation is 1. The Balaban J connectivity index is 2.38. The third-order valence-corrected chi connectivity index (χ3v) is 3.30. The summed E-state index contributed by atoms with van der Waals surface area (Å²) in [5.74, 6) is -0.0770. The number of aromatic nitrogens is 1. The van der Waals surface area contributed by atoms with Gasteiger partial charge in [-0.25, -0.2) is 4.98 Å². The number of carbonyl (C=O) groups is 1. The Kier molecular flexibility index (Phi) is 3.56. The maximum Gasteiger partial charge on any atom is 0.227 e. The van der Waals surface area contributed by atoms with Gasteiger partial charge in [-0.15, -0.1) is 0 Å². The molecule has 0 bridgehead atoms. The van der Waals surface area contributed by atoms with Crippen LogP contribution in [0.1, 0.15) is 12.0 Å². The molecule has 0 aliphatic carbocycles. The minimum absolute atomic E-state index is 0.0000744. The minimum Gasteiger partial charge on any atom is -0.396 e. The van der Waals surface area contributed by atoms with Crippen molar-refractivity contribution < 1.29 is 9.90 Å². The van der Waals surface area contributed by atoms with Gasteiger partial charge >= 0.3 is 0 Å². The van der Waals surface area contributed by atoms with Gasteiger partial charge in [0.05, 0.1) is 5.69 Å². The van der Waals surface area contributed by atoms with E-state index >= 15 is 0 Å². The van der Waals surface area contributed by atoms with Crippen molar-refractivity contribution in [1.29, 1.82) is 0 Å². The fourth-order valence-electron chi connectivity index (χ4n) is 2.03. The smallest absolute Gasteiger partial charge is 0.227 e. The molecule has 1 atom stereocenters. The Labute approximate surface area is 109 Å². The number of amides is 1. The van der Waals surface area contributed by atoms with Gasteiger partial charge in [-0.05, 0) is 18.6 Å². The van der Waals surface area contributed by atoms with Crippen molar-refractivity contribution in [2.24, 2.45) is 5.92 Å². The lowest BCUT2D eigenvalue weighted by atomic mass is 10.1. The van der Waals surface area contributed by atoms with Gasteiger partial charge in [0.1, 0.15) is 5.15 Å². The van der Waals surface area contributed by atoms with Gasteiger partial charge in [0.25, 0.3) is 0 Å². The average molecular weight is 275 g/mol. The average Bonchev–Trinajstić information content (AvgIpc) is 2.59. The Bertz CT molecular complexity index is 442. The second kappa shape index (κ2) is 4.80. The lowest BCUT2D eigenvalue weighted by Gasteiger charge is -2.19. The standard InChI is InChI=1S/C11H12Cl2N2O2/c1-6-2-8(12)14-11(13)10(6)15-4-7(5-16)3-9(15)17/h2,7,16H,3-5H2,1H3. The fraction of sp³-hybridized carbons (Fsp3) is 0.455. The predicted molar refractivity (Wildman–Crippen MR) is 66.5 cm³/mol. The Morgan fingerprint density at radius 3 is 2.82 bits per heavy atom. The van der Waals surface area contributed by atoms with E-state index in [2.05, 4.69) is 4.98 Å². The van der Waals surface area contributed by atoms with Gasteiger partial charge < -0.3 is 10.0 Å². The van der Waals surface area contributed by atoms with Crippen molar-refractivity contribution in [1.82, 2.24) is 4.98 Å². The highest BCUT2D eigenvalue weighted by molar-refractivity contribution is 6.35. The molecule has 1 saturated heterocycles. The quantitative estimate of drug-likeness (QED) is 0.840. The number of pyridine rings is 1. The zero-order valence-electron chi connectivity index (χ0n) is 9.28. The molecule has 0 aromatic carbocycles. The van der Waals surface area contributed by atoms with E-state index in [1.54, 1.807) is 11.0 Å². The van der Waals surface area contributed by atoms with Crippen LogP contribution in [0.4, 0.5) is 5.69 Å². The highest BCUT2D eigenvalue weighted by Gasteiger charge is 2.32. The van der Waals surface area contributed by atoms with Crippen molar-refractivity contribution in [3.05, 3.63) is 21.9 Å². The first-order valence-corrected chi connectivity index (χ1v) is 6.02. The second-order valence-electron chi connectivity index (χ2n) is 4.16. The predicted octanol–water partition coefficient (Wildman–Crippen LogP) is 2.04. The molecule has 1 unspecified atom stereocenters. The molecule has 0 saturated carbocycles. The van der Waals surface area contributed by atoms with Crippen LogP contribution in [-0.4, -0.2) is 29.1 Å². The van der Waals surface area contributed by atoms with Crippen molar-refractivity contribution >= 4 is 34.8 Å². The molecule has 1 aliphatic heterocycles. The van der Waals surface area contributed by atoms with E-state index in [0.717, 1.165) is 5.56 Å². The van der Waals surface area contributed by atoms with E-state index in [1.165, 1.54) is 0 Å². The number of rotatable bonds is 2. The van der Waals surface area contributed by atoms with Crippen LogP contribution in [0.2, 0.25) is 10.3 Å².